The van der Waals surface area contributed by atoms with Crippen molar-refractivity contribution in [3.05, 3.63) is 65.2 Å². The molecule has 0 saturated carbocycles. The molecule has 1 spiro atoms. The number of cyclic esters (lactones) is 1. The Morgan fingerprint density at radius 3 is 2.27 bits per heavy atom. The summed E-state index contributed by atoms with van der Waals surface area (Å²) >= 11 is 0. The fraction of sp³-hybridized carbons (Fsp3) is 0.720. The zero-order valence-corrected chi connectivity index (χ0v) is 41.0. The number of likely N-dealkylation sites (N-methyl/N-ethyl adjacent to an activating group) is 2. The van der Waals surface area contributed by atoms with Crippen LogP contribution >= 0.6 is 0 Å². The number of hydrogen-bond acceptors (Lipinski definition) is 14. The van der Waals surface area contributed by atoms with Crippen LogP contribution in [0.5, 0.6) is 0 Å². The van der Waals surface area contributed by atoms with Gasteiger partial charge in [-0.15, -0.1) is 0 Å². The molecule has 4 fully saturated rings. The van der Waals surface area contributed by atoms with Gasteiger partial charge in [0.25, 0.3) is 0 Å². The summed E-state index contributed by atoms with van der Waals surface area (Å²) in [6.45, 7) is 15.2. The van der Waals surface area contributed by atoms with E-state index in [0.717, 1.165) is 12.1 Å². The molecule has 2 bridgehead atoms. The Hall–Kier alpha value is -3.39. The predicted octanol–water partition coefficient (Wildman–Crippen LogP) is 6.41. The molecule has 1 unspecified atom stereocenters. The lowest BCUT2D eigenvalue weighted by Crippen LogP contribution is -2.60. The highest BCUT2D eigenvalue weighted by atomic mass is 19.4. The Morgan fingerprint density at radius 1 is 1.00 bits per heavy atom. The van der Waals surface area contributed by atoms with E-state index in [-0.39, 0.29) is 62.7 Å². The molecule has 14 atom stereocenters. The minimum Gasteiger partial charge on any atom is -0.459 e. The summed E-state index contributed by atoms with van der Waals surface area (Å²) in [6, 6.07) is 11.5. The second-order valence-corrected chi connectivity index (χ2v) is 20.5. The minimum absolute atomic E-state index is 0.131. The number of aliphatic hydroxyl groups excluding tert-OH is 2. The van der Waals surface area contributed by atoms with E-state index < -0.39 is 101 Å². The summed E-state index contributed by atoms with van der Waals surface area (Å²) in [6.07, 6.45) is -9.96. The Balaban J connectivity index is 1.38. The number of hydrogen-bond donors (Lipinski definition) is 3. The van der Waals surface area contributed by atoms with Crippen molar-refractivity contribution in [2.45, 2.75) is 172 Å². The number of carbonyl (C=O) groups excluding carboxylic acids is 2. The van der Waals surface area contributed by atoms with Crippen molar-refractivity contribution in [2.24, 2.45) is 17.8 Å². The van der Waals surface area contributed by atoms with Crippen LogP contribution in [-0.2, 0) is 46.0 Å². The predicted molar refractivity (Wildman–Crippen MR) is 244 cm³/mol. The Kier molecular flexibility index (Phi) is 16.5. The first-order valence-corrected chi connectivity index (χ1v) is 23.8. The van der Waals surface area contributed by atoms with Gasteiger partial charge in [0.2, 0.25) is 0 Å². The van der Waals surface area contributed by atoms with Crippen LogP contribution in [0.15, 0.2) is 48.5 Å². The molecule has 67 heavy (non-hydrogen) atoms. The lowest BCUT2D eigenvalue weighted by molar-refractivity contribution is -0.328. The van der Waals surface area contributed by atoms with Gasteiger partial charge in [-0.3, -0.25) is 4.79 Å². The summed E-state index contributed by atoms with van der Waals surface area (Å²) in [5.41, 5.74) is -3.84. The molecular formula is C50H74F3N3O11. The minimum atomic E-state index is -4.86. The van der Waals surface area contributed by atoms with Crippen molar-refractivity contribution in [2.75, 3.05) is 45.7 Å². The first kappa shape index (κ1) is 53.0. The molecule has 0 aliphatic carbocycles. The number of piperidine rings is 1. The highest BCUT2D eigenvalue weighted by molar-refractivity contribution is 5.92. The van der Waals surface area contributed by atoms with Gasteiger partial charge in [-0.25, -0.2) is 4.79 Å². The third kappa shape index (κ3) is 11.6. The van der Waals surface area contributed by atoms with Crippen LogP contribution < -0.4 is 4.90 Å². The Labute approximate surface area is 393 Å². The highest BCUT2D eigenvalue weighted by Crippen LogP contribution is 2.48. The number of fused-ring (bicyclic) bond motifs is 3. The summed E-state index contributed by atoms with van der Waals surface area (Å²) in [7, 11) is 5.64. The molecular weight excluding hydrogens is 876 g/mol. The van der Waals surface area contributed by atoms with E-state index >= 15 is 0 Å². The smallest absolute Gasteiger partial charge is 0.417 e. The van der Waals surface area contributed by atoms with Gasteiger partial charge in [-0.05, 0) is 105 Å². The number of rotatable bonds is 8. The Morgan fingerprint density at radius 2 is 1.66 bits per heavy atom. The molecule has 4 aliphatic heterocycles. The van der Waals surface area contributed by atoms with Crippen molar-refractivity contribution in [1.29, 1.82) is 0 Å². The molecule has 0 amide bonds. The van der Waals surface area contributed by atoms with Gasteiger partial charge in [0.1, 0.15) is 30.5 Å². The molecule has 3 N–H and O–H groups in total. The number of aliphatic hydroxyl groups is 3. The number of anilines is 1. The van der Waals surface area contributed by atoms with Crippen LogP contribution in [0.2, 0.25) is 0 Å². The second-order valence-electron chi connectivity index (χ2n) is 20.5. The van der Waals surface area contributed by atoms with Crippen LogP contribution in [0.4, 0.5) is 18.9 Å². The Bertz CT molecular complexity index is 1980. The van der Waals surface area contributed by atoms with E-state index in [0.29, 0.717) is 24.9 Å². The van der Waals surface area contributed by atoms with E-state index in [1.807, 2.05) is 58.6 Å². The molecule has 17 heteroatoms. The largest absolute Gasteiger partial charge is 0.459 e. The summed E-state index contributed by atoms with van der Waals surface area (Å²) in [4.78, 5) is 33.2. The number of esters is 2. The normalized spacial score (nSPS) is 37.1. The van der Waals surface area contributed by atoms with E-state index in [9.17, 15) is 38.1 Å². The van der Waals surface area contributed by atoms with Gasteiger partial charge in [0.15, 0.2) is 12.1 Å². The fourth-order valence-electron chi connectivity index (χ4n) is 11.0. The molecule has 4 heterocycles. The highest BCUT2D eigenvalue weighted by Gasteiger charge is 2.58. The standard InChI is InChI=1S/C50H74F3N3O11/c1-12-39-48(8,61)42(58)33(6)55(11)27-29(2)26-47(7)43(65-46-40(57)38(54(9)10)24-30(3)63-46)31(4)41(32(5)44(59)64-39)66-49(67-47)20-22-56(23-21-49)35-18-19-36(37(25-35)50(51,52)53)45(60)62-28-34-16-14-13-15-17-34/h13-19,25,29-33,38-43,46,57-58,61H,12,20-24,26-28H2,1-11H3/t29-,30-,31+,32-,33-,38?,39-,40-,41+,42-,43-,46+,47-,48-/m1/s1. The topological polar surface area (TPSA) is 160 Å². The maximum absolute atomic E-state index is 14.7. The third-order valence-electron chi connectivity index (χ3n) is 14.8. The van der Waals surface area contributed by atoms with Crippen molar-refractivity contribution < 1.29 is 66.5 Å². The van der Waals surface area contributed by atoms with Crippen LogP contribution in [0.3, 0.4) is 0 Å². The molecule has 6 rings (SSSR count). The zero-order chi connectivity index (χ0) is 49.4. The number of benzene rings is 2. The van der Waals surface area contributed by atoms with Gasteiger partial charge >= 0.3 is 18.1 Å². The first-order valence-electron chi connectivity index (χ1n) is 23.8. The number of carbonyl (C=O) groups is 2. The molecule has 376 valence electrons. The summed E-state index contributed by atoms with van der Waals surface area (Å²) in [5, 5.41) is 35.3. The number of ether oxygens (including phenoxy) is 6. The summed E-state index contributed by atoms with van der Waals surface area (Å²) < 4.78 is 83.4. The van der Waals surface area contributed by atoms with Gasteiger partial charge in [-0.2, -0.15) is 13.2 Å². The average molecular weight is 950 g/mol. The van der Waals surface area contributed by atoms with Crippen LogP contribution in [0.1, 0.15) is 109 Å². The van der Waals surface area contributed by atoms with E-state index in [1.165, 1.54) is 13.0 Å². The van der Waals surface area contributed by atoms with Crippen LogP contribution in [0.25, 0.3) is 0 Å². The first-order chi connectivity index (χ1) is 31.3. The number of alkyl halides is 3. The van der Waals surface area contributed by atoms with Crippen molar-refractivity contribution in [3.63, 3.8) is 0 Å². The van der Waals surface area contributed by atoms with Gasteiger partial charge in [0.05, 0.1) is 41.0 Å². The zero-order valence-electron chi connectivity index (χ0n) is 41.0. The SMILES string of the molecule is CC[C@H]1OC(=O)[C@H](C)[C@H]2OC3(CCN(c4ccc(C(=O)OCc5ccccc5)c(C(F)(F)F)c4)CC3)O[C@](C)(C[C@@H](C)CN(C)[C@H](C)[C@@H](O)[C@]1(C)O)[C@H](O[C@@H]1O[C@H](C)CC(N(C)C)[C@H]1O)[C@H]2C. The van der Waals surface area contributed by atoms with Gasteiger partial charge in [0, 0.05) is 56.2 Å². The van der Waals surface area contributed by atoms with Crippen LogP contribution in [0, 0.1) is 17.8 Å². The molecule has 2 aromatic rings. The second kappa shape index (κ2) is 20.9. The van der Waals surface area contributed by atoms with Crippen molar-refractivity contribution >= 4 is 17.6 Å². The lowest BCUT2D eigenvalue weighted by atomic mass is 9.78. The van der Waals surface area contributed by atoms with E-state index in [2.05, 4.69) is 6.92 Å². The molecule has 14 nitrogen and oxygen atoms in total. The van der Waals surface area contributed by atoms with Crippen LogP contribution in [-0.4, -0.2) is 150 Å². The summed E-state index contributed by atoms with van der Waals surface area (Å²) in [5.74, 6) is -4.88. The fourth-order valence-corrected chi connectivity index (χ4v) is 11.0. The monoisotopic (exact) mass is 950 g/mol. The lowest BCUT2D eigenvalue weighted by Gasteiger charge is -2.49. The molecule has 0 aromatic heterocycles. The van der Waals surface area contributed by atoms with Crippen molar-refractivity contribution in [1.82, 2.24) is 9.80 Å². The van der Waals surface area contributed by atoms with E-state index in [4.69, 9.17) is 28.4 Å². The number of halogens is 3. The average Bonchev–Trinajstić information content (AvgIpc) is 3.35. The molecule has 2 aromatic carbocycles. The van der Waals surface area contributed by atoms with Crippen molar-refractivity contribution in [3.8, 4) is 0 Å². The maximum atomic E-state index is 14.7. The quantitative estimate of drug-likeness (QED) is 0.249. The van der Waals surface area contributed by atoms with E-state index in [1.54, 1.807) is 49.1 Å². The third-order valence-corrected chi connectivity index (χ3v) is 14.8. The molecule has 4 saturated heterocycles. The molecule has 0 radical (unpaired) electrons. The van der Waals surface area contributed by atoms with Gasteiger partial charge < -0.3 is 58.4 Å². The molecule has 4 aliphatic rings. The number of nitrogens with zero attached hydrogens (tertiary/aromatic N) is 3. The maximum Gasteiger partial charge on any atom is 0.417 e. The van der Waals surface area contributed by atoms with Gasteiger partial charge in [-0.1, -0.05) is 51.1 Å².